The average Bonchev–Trinajstić information content (AvgIpc) is 3.40. The fourth-order valence-corrected chi connectivity index (χ4v) is 5.47. The molecule has 0 aliphatic heterocycles. The fraction of sp³-hybridized carbons (Fsp3) is 0.400. The van der Waals surface area contributed by atoms with Crippen LogP contribution in [0.15, 0.2) is 31.8 Å². The number of hydrogen-bond acceptors (Lipinski definition) is 9. The van der Waals surface area contributed by atoms with Gasteiger partial charge in [0.05, 0.1) is 22.4 Å². The van der Waals surface area contributed by atoms with E-state index < -0.39 is 0 Å². The molecule has 0 bridgehead atoms. The molecule has 2 unspecified atom stereocenters. The molecular formula is C15H28Cl2N10OS5. The van der Waals surface area contributed by atoms with E-state index in [0.29, 0.717) is 18.2 Å². The molecule has 2 atom stereocenters. The molecule has 0 spiro atoms. The van der Waals surface area contributed by atoms with Crippen molar-refractivity contribution in [2.45, 2.75) is 10.7 Å². The van der Waals surface area contributed by atoms with Crippen LogP contribution in [0, 0.1) is 0 Å². The highest BCUT2D eigenvalue weighted by Crippen LogP contribution is 2.30. The van der Waals surface area contributed by atoms with Gasteiger partial charge in [0.25, 0.3) is 0 Å². The van der Waals surface area contributed by atoms with E-state index in [2.05, 4.69) is 30.6 Å². The van der Waals surface area contributed by atoms with Crippen LogP contribution in [0.2, 0.25) is 0 Å². The summed E-state index contributed by atoms with van der Waals surface area (Å²) >= 11 is 11.5. The number of aromatic nitrogens is 2. The fourth-order valence-electron chi connectivity index (χ4n) is 2.07. The summed E-state index contributed by atoms with van der Waals surface area (Å²) in [5, 5.41) is 10.3. The van der Waals surface area contributed by atoms with Crippen LogP contribution in [-0.4, -0.2) is 57.1 Å². The number of hydrogen-bond donors (Lipinski definition) is 6. The van der Waals surface area contributed by atoms with Crippen molar-refractivity contribution in [2.75, 3.05) is 24.6 Å². The maximum absolute atomic E-state index is 5.52. The molecule has 0 radical (unpaired) electrons. The minimum Gasteiger partial charge on any atom is -0.412 e. The predicted molar refractivity (Wildman–Crippen MR) is 153 cm³/mol. The zero-order valence-electron chi connectivity index (χ0n) is 17.2. The third-order valence-electron chi connectivity index (χ3n) is 3.27. The second-order valence-electron chi connectivity index (χ2n) is 5.56. The quantitative estimate of drug-likeness (QED) is 0.0874. The third-order valence-corrected chi connectivity index (χ3v) is 6.97. The van der Waals surface area contributed by atoms with Crippen LogP contribution >= 0.6 is 83.2 Å². The van der Waals surface area contributed by atoms with Gasteiger partial charge >= 0.3 is 0 Å². The molecule has 2 rings (SSSR count). The molecule has 0 saturated carbocycles. The Balaban J connectivity index is 0. The molecular weight excluding hydrogens is 567 g/mol. The van der Waals surface area contributed by atoms with Gasteiger partial charge in [0.15, 0.2) is 17.0 Å². The molecule has 0 fully saturated rings. The van der Waals surface area contributed by atoms with Gasteiger partial charge in [0.2, 0.25) is 0 Å². The van der Waals surface area contributed by atoms with Crippen LogP contribution in [0.4, 0.5) is 0 Å². The summed E-state index contributed by atoms with van der Waals surface area (Å²) in [5.74, 6) is 1.59. The van der Waals surface area contributed by atoms with Gasteiger partial charge in [-0.1, -0.05) is 0 Å². The molecule has 0 saturated heterocycles. The second-order valence-corrected chi connectivity index (χ2v) is 9.79. The van der Waals surface area contributed by atoms with E-state index in [1.807, 2.05) is 10.8 Å². The number of nitrogens with one attached hydrogen (secondary N) is 2. The van der Waals surface area contributed by atoms with Gasteiger partial charge in [-0.2, -0.15) is 0 Å². The molecule has 18 heteroatoms. The standard InChI is InChI=1S/C15H24N10S5.2ClH.H2O/c16-13(17)24-11(9-5-27-7-22-9)29-3-1-20-15(26)21-2-4-30-12(25-14(18)19)10-6-28-8-23-10;;;/h5-8,11-12H,1-4H2,(H4,16,17,24)(H4,18,19,25)(H2,20,21,26);2*1H;1H2. The number of thioether (sulfide) groups is 2. The summed E-state index contributed by atoms with van der Waals surface area (Å²) < 4.78 is 0. The van der Waals surface area contributed by atoms with Gasteiger partial charge in [0, 0.05) is 35.4 Å². The normalized spacial score (nSPS) is 11.4. The number of aliphatic imine (C=N–C) groups is 2. The molecule has 0 aliphatic rings. The summed E-state index contributed by atoms with van der Waals surface area (Å²) in [7, 11) is 0. The number of thiazole rings is 2. The van der Waals surface area contributed by atoms with Crippen molar-refractivity contribution in [3.8, 4) is 0 Å². The Morgan fingerprint density at radius 1 is 0.879 bits per heavy atom. The topological polar surface area (TPSA) is 210 Å². The Hall–Kier alpha value is -1.27. The summed E-state index contributed by atoms with van der Waals surface area (Å²) in [6.07, 6.45) is 0. The second kappa shape index (κ2) is 19.1. The molecule has 2 aromatic heterocycles. The molecule has 11 nitrogen and oxygen atoms in total. The predicted octanol–water partition coefficient (Wildman–Crippen LogP) is 0.793. The number of nitrogens with two attached hydrogens (primary N) is 4. The van der Waals surface area contributed by atoms with Crippen molar-refractivity contribution in [3.05, 3.63) is 33.2 Å². The van der Waals surface area contributed by atoms with E-state index in [0.717, 1.165) is 22.9 Å². The van der Waals surface area contributed by atoms with E-state index in [1.165, 1.54) is 22.7 Å². The van der Waals surface area contributed by atoms with Crippen molar-refractivity contribution in [1.29, 1.82) is 0 Å². The van der Waals surface area contributed by atoms with Crippen LogP contribution in [0.3, 0.4) is 0 Å². The molecule has 12 N–H and O–H groups in total. The van der Waals surface area contributed by atoms with E-state index in [9.17, 15) is 0 Å². The SMILES string of the molecule is Cl.Cl.NC(N)=NC(SCCNC(=S)NCCSC(N=C(N)N)c1cscn1)c1cscn1.O. The Kier molecular flexibility index (Phi) is 19.6. The van der Waals surface area contributed by atoms with Crippen molar-refractivity contribution < 1.29 is 5.48 Å². The summed E-state index contributed by atoms with van der Waals surface area (Å²) in [4.78, 5) is 17.0. The van der Waals surface area contributed by atoms with E-state index in [-0.39, 0.29) is 53.0 Å². The van der Waals surface area contributed by atoms with Gasteiger partial charge in [0.1, 0.15) is 10.7 Å². The van der Waals surface area contributed by atoms with Crippen LogP contribution in [0.5, 0.6) is 0 Å². The lowest BCUT2D eigenvalue weighted by molar-refractivity contribution is 0.824. The first-order valence-electron chi connectivity index (χ1n) is 8.64. The highest BCUT2D eigenvalue weighted by Gasteiger charge is 2.14. The lowest BCUT2D eigenvalue weighted by atomic mass is 10.5. The first-order valence-corrected chi connectivity index (χ1v) is 13.0. The number of rotatable bonds is 12. The number of thiocarbonyl (C=S) groups is 1. The van der Waals surface area contributed by atoms with E-state index in [1.54, 1.807) is 34.5 Å². The van der Waals surface area contributed by atoms with Crippen molar-refractivity contribution in [3.63, 3.8) is 0 Å². The molecule has 33 heavy (non-hydrogen) atoms. The van der Waals surface area contributed by atoms with Crippen LogP contribution in [0.25, 0.3) is 0 Å². The monoisotopic (exact) mass is 594 g/mol. The van der Waals surface area contributed by atoms with Crippen LogP contribution in [-0.2, 0) is 0 Å². The molecule has 0 aromatic carbocycles. The lowest BCUT2D eigenvalue weighted by Gasteiger charge is -2.14. The summed E-state index contributed by atoms with van der Waals surface area (Å²) in [5.41, 5.74) is 27.3. The zero-order valence-corrected chi connectivity index (χ0v) is 23.0. The Bertz CT molecular complexity index is 751. The number of halogens is 2. The van der Waals surface area contributed by atoms with Gasteiger partial charge in [-0.15, -0.1) is 71.0 Å². The first-order chi connectivity index (χ1) is 14.5. The largest absolute Gasteiger partial charge is 0.412 e. The summed E-state index contributed by atoms with van der Waals surface area (Å²) in [6.45, 7) is 1.33. The Morgan fingerprint density at radius 2 is 1.27 bits per heavy atom. The molecule has 2 heterocycles. The molecule has 2 aromatic rings. The lowest BCUT2D eigenvalue weighted by Crippen LogP contribution is -2.37. The maximum atomic E-state index is 5.52. The average molecular weight is 596 g/mol. The van der Waals surface area contributed by atoms with Gasteiger partial charge in [-0.05, 0) is 12.2 Å². The highest BCUT2D eigenvalue weighted by molar-refractivity contribution is 7.99. The van der Waals surface area contributed by atoms with Crippen LogP contribution < -0.4 is 33.6 Å². The van der Waals surface area contributed by atoms with Crippen LogP contribution in [0.1, 0.15) is 22.1 Å². The molecule has 188 valence electrons. The Labute approximate surface area is 226 Å². The van der Waals surface area contributed by atoms with Gasteiger partial charge in [-0.25, -0.2) is 20.0 Å². The minimum atomic E-state index is -0.223. The zero-order chi connectivity index (χ0) is 21.8. The molecule has 0 amide bonds. The van der Waals surface area contributed by atoms with Gasteiger partial charge in [-0.3, -0.25) is 0 Å². The van der Waals surface area contributed by atoms with Crippen molar-refractivity contribution in [1.82, 2.24) is 20.6 Å². The Morgan fingerprint density at radius 3 is 1.58 bits per heavy atom. The van der Waals surface area contributed by atoms with E-state index in [4.69, 9.17) is 35.2 Å². The highest BCUT2D eigenvalue weighted by atomic mass is 35.5. The van der Waals surface area contributed by atoms with Gasteiger partial charge < -0.3 is 39.0 Å². The van der Waals surface area contributed by atoms with Crippen molar-refractivity contribution >= 4 is 100 Å². The minimum absolute atomic E-state index is 0. The number of guanidine groups is 2. The smallest absolute Gasteiger partial charge is 0.187 e. The number of nitrogens with zero attached hydrogens (tertiary/aromatic N) is 4. The maximum Gasteiger partial charge on any atom is 0.187 e. The third kappa shape index (κ3) is 13.9. The first kappa shape index (κ1) is 33.9. The molecule has 0 aliphatic carbocycles. The van der Waals surface area contributed by atoms with E-state index >= 15 is 0 Å². The summed E-state index contributed by atoms with van der Waals surface area (Å²) in [6, 6.07) is 0. The van der Waals surface area contributed by atoms with Crippen molar-refractivity contribution in [2.24, 2.45) is 32.9 Å².